The molecule has 0 aliphatic carbocycles. The second-order valence-corrected chi connectivity index (χ2v) is 9.96. The molecule has 0 saturated carbocycles. The maximum Gasteiger partial charge on any atom is 0.297 e. The quantitative estimate of drug-likeness (QED) is 0.533. The molecule has 3 saturated heterocycles. The number of hydrogen-bond donors (Lipinski definition) is 2. The average molecular weight is 438 g/mol. The van der Waals surface area contributed by atoms with E-state index >= 15 is 0 Å². The Morgan fingerprint density at radius 3 is 2.67 bits per heavy atom. The molecule has 3 aliphatic heterocycles. The van der Waals surface area contributed by atoms with Gasteiger partial charge in [-0.2, -0.15) is 8.42 Å². The molecule has 9 heteroatoms. The number of rotatable bonds is 4. The number of benzene rings is 1. The van der Waals surface area contributed by atoms with Gasteiger partial charge in [0.2, 0.25) is 0 Å². The largest absolute Gasteiger partial charge is 0.372 e. The lowest BCUT2D eigenvalue weighted by molar-refractivity contribution is -0.224. The highest BCUT2D eigenvalue weighted by atomic mass is 32.2. The second-order valence-electron chi connectivity index (χ2n) is 8.34. The van der Waals surface area contributed by atoms with Crippen molar-refractivity contribution in [2.75, 3.05) is 13.2 Å². The minimum atomic E-state index is -4.03. The molecule has 2 N–H and O–H groups in total. The van der Waals surface area contributed by atoms with Gasteiger partial charge in [-0.1, -0.05) is 29.5 Å². The topological polar surface area (TPSA) is 103 Å². The van der Waals surface area contributed by atoms with Gasteiger partial charge in [-0.25, -0.2) is 0 Å². The molecule has 0 radical (unpaired) electrons. The van der Waals surface area contributed by atoms with Gasteiger partial charge >= 0.3 is 0 Å². The standard InChI is InChI=1S/C21H27NO7S/c1-14-6-8-16(9-7-14)30(24,25)26-13-17-21(23,11-10-15-5-4-12-22-15)18-19(27-17)29-20(2,3)28-18/h6-9,15,17-19,22-23H,4-5,12-13H2,1-3H3/t15-,17?,18-,19+,21+/m0/s1. The van der Waals surface area contributed by atoms with Gasteiger partial charge in [0, 0.05) is 0 Å². The van der Waals surface area contributed by atoms with Crippen LogP contribution in [0.25, 0.3) is 0 Å². The zero-order chi connectivity index (χ0) is 21.6. The molecule has 3 fully saturated rings. The van der Waals surface area contributed by atoms with Crippen LogP contribution in [0.5, 0.6) is 0 Å². The van der Waals surface area contributed by atoms with Crippen molar-refractivity contribution in [2.45, 2.75) is 74.4 Å². The number of hydrogen-bond acceptors (Lipinski definition) is 8. The molecule has 0 spiro atoms. The molecule has 0 amide bonds. The van der Waals surface area contributed by atoms with Crippen molar-refractivity contribution in [3.05, 3.63) is 29.8 Å². The molecule has 3 heterocycles. The molecule has 30 heavy (non-hydrogen) atoms. The maximum atomic E-state index is 12.6. The summed E-state index contributed by atoms with van der Waals surface area (Å²) in [6.45, 7) is 5.75. The van der Waals surface area contributed by atoms with Crippen molar-refractivity contribution in [3.8, 4) is 11.8 Å². The summed E-state index contributed by atoms with van der Waals surface area (Å²) in [5.41, 5.74) is -0.839. The molecule has 1 aromatic rings. The zero-order valence-corrected chi connectivity index (χ0v) is 18.1. The number of aryl methyl sites for hydroxylation is 1. The van der Waals surface area contributed by atoms with Gasteiger partial charge in [0.15, 0.2) is 23.8 Å². The summed E-state index contributed by atoms with van der Waals surface area (Å²) < 4.78 is 47.7. The highest BCUT2D eigenvalue weighted by Crippen LogP contribution is 2.43. The summed E-state index contributed by atoms with van der Waals surface area (Å²) in [6.07, 6.45) is -0.917. The van der Waals surface area contributed by atoms with E-state index in [2.05, 4.69) is 17.2 Å². The predicted molar refractivity (Wildman–Crippen MR) is 107 cm³/mol. The van der Waals surface area contributed by atoms with Gasteiger partial charge in [0.05, 0.1) is 17.5 Å². The lowest BCUT2D eigenvalue weighted by atomic mass is 9.93. The summed E-state index contributed by atoms with van der Waals surface area (Å²) in [7, 11) is -4.03. The Labute approximate surface area is 177 Å². The van der Waals surface area contributed by atoms with Gasteiger partial charge in [-0.3, -0.25) is 4.18 Å². The molecule has 0 bridgehead atoms. The number of aliphatic hydroxyl groups is 1. The molecule has 1 unspecified atom stereocenters. The van der Waals surface area contributed by atoms with Crippen molar-refractivity contribution < 1.29 is 31.9 Å². The van der Waals surface area contributed by atoms with Crippen LogP contribution in [-0.4, -0.2) is 62.6 Å². The van der Waals surface area contributed by atoms with Crippen LogP contribution >= 0.6 is 0 Å². The van der Waals surface area contributed by atoms with Gasteiger partial charge < -0.3 is 24.6 Å². The number of nitrogens with one attached hydrogen (secondary N) is 1. The van der Waals surface area contributed by atoms with Crippen molar-refractivity contribution in [3.63, 3.8) is 0 Å². The van der Waals surface area contributed by atoms with E-state index in [0.29, 0.717) is 0 Å². The van der Waals surface area contributed by atoms with E-state index in [0.717, 1.165) is 24.9 Å². The Morgan fingerprint density at radius 2 is 2.00 bits per heavy atom. The Hall–Kier alpha value is -1.51. The van der Waals surface area contributed by atoms with E-state index in [1.807, 2.05) is 6.92 Å². The van der Waals surface area contributed by atoms with E-state index in [1.54, 1.807) is 26.0 Å². The Balaban J connectivity index is 1.54. The third kappa shape index (κ3) is 4.27. The van der Waals surface area contributed by atoms with E-state index in [9.17, 15) is 13.5 Å². The normalized spacial score (nSPS) is 35.1. The molecule has 0 aromatic heterocycles. The third-order valence-corrected chi connectivity index (χ3v) is 6.77. The summed E-state index contributed by atoms with van der Waals surface area (Å²) in [5, 5.41) is 14.7. The van der Waals surface area contributed by atoms with Crippen LogP contribution in [0.3, 0.4) is 0 Å². The fourth-order valence-electron chi connectivity index (χ4n) is 3.83. The predicted octanol–water partition coefficient (Wildman–Crippen LogP) is 1.06. The van der Waals surface area contributed by atoms with Crippen LogP contribution in [0.1, 0.15) is 32.3 Å². The molecular formula is C21H27NO7S. The summed E-state index contributed by atoms with van der Waals surface area (Å²) in [5.74, 6) is 4.97. The lowest BCUT2D eigenvalue weighted by Gasteiger charge is -2.29. The fraction of sp³-hybridized carbons (Fsp3) is 0.619. The highest BCUT2D eigenvalue weighted by molar-refractivity contribution is 7.86. The van der Waals surface area contributed by atoms with Crippen LogP contribution in [0, 0.1) is 18.8 Å². The summed E-state index contributed by atoms with van der Waals surface area (Å²) in [4.78, 5) is 0.0321. The van der Waals surface area contributed by atoms with E-state index in [4.69, 9.17) is 18.4 Å². The second kappa shape index (κ2) is 7.88. The zero-order valence-electron chi connectivity index (χ0n) is 17.3. The first-order valence-electron chi connectivity index (χ1n) is 10.0. The first-order chi connectivity index (χ1) is 14.1. The Bertz CT molecular complexity index is 944. The van der Waals surface area contributed by atoms with Gasteiger partial charge in [0.25, 0.3) is 10.1 Å². The molecular weight excluding hydrogens is 410 g/mol. The fourth-order valence-corrected chi connectivity index (χ4v) is 4.74. The minimum Gasteiger partial charge on any atom is -0.372 e. The first-order valence-corrected chi connectivity index (χ1v) is 11.5. The van der Waals surface area contributed by atoms with E-state index in [-0.39, 0.29) is 10.9 Å². The summed E-state index contributed by atoms with van der Waals surface area (Å²) in [6, 6.07) is 6.28. The average Bonchev–Trinajstić information content (AvgIpc) is 3.35. The molecule has 3 aliphatic rings. The van der Waals surface area contributed by atoms with Crippen molar-refractivity contribution >= 4 is 10.1 Å². The third-order valence-electron chi connectivity index (χ3n) is 5.47. The van der Waals surface area contributed by atoms with Crippen molar-refractivity contribution in [1.82, 2.24) is 5.32 Å². The molecule has 4 rings (SSSR count). The molecule has 8 nitrogen and oxygen atoms in total. The van der Waals surface area contributed by atoms with Gasteiger partial charge in [-0.05, 0) is 52.3 Å². The SMILES string of the molecule is Cc1ccc(S(=O)(=O)OCC2O[C@@H]3OC(C)(C)O[C@@H]3[C@@]2(O)C#C[C@@H]2CCCN2)cc1. The smallest absolute Gasteiger partial charge is 0.297 e. The molecule has 1 aromatic carbocycles. The lowest BCUT2D eigenvalue weighted by Crippen LogP contribution is -2.50. The van der Waals surface area contributed by atoms with E-state index in [1.165, 1.54) is 12.1 Å². The minimum absolute atomic E-state index is 0.0321. The van der Waals surface area contributed by atoms with Gasteiger partial charge in [-0.15, -0.1) is 0 Å². The van der Waals surface area contributed by atoms with Crippen LogP contribution in [0.15, 0.2) is 29.2 Å². The number of fused-ring (bicyclic) bond motifs is 1. The van der Waals surface area contributed by atoms with Crippen molar-refractivity contribution in [1.29, 1.82) is 0 Å². The number of ether oxygens (including phenoxy) is 3. The monoisotopic (exact) mass is 437 g/mol. The Morgan fingerprint density at radius 1 is 1.27 bits per heavy atom. The van der Waals surface area contributed by atoms with Crippen LogP contribution in [0.4, 0.5) is 0 Å². The van der Waals surface area contributed by atoms with E-state index < -0.39 is 46.6 Å². The van der Waals surface area contributed by atoms with Crippen molar-refractivity contribution in [2.24, 2.45) is 0 Å². The maximum absolute atomic E-state index is 12.6. The van der Waals surface area contributed by atoms with Gasteiger partial charge in [0.1, 0.15) is 6.10 Å². The molecule has 5 atom stereocenters. The van der Waals surface area contributed by atoms with Crippen LogP contribution in [-0.2, 0) is 28.5 Å². The summed E-state index contributed by atoms with van der Waals surface area (Å²) >= 11 is 0. The van der Waals surface area contributed by atoms with Crippen LogP contribution < -0.4 is 5.32 Å². The molecule has 164 valence electrons. The highest BCUT2D eigenvalue weighted by Gasteiger charge is 2.63. The van der Waals surface area contributed by atoms with Crippen LogP contribution in [0.2, 0.25) is 0 Å². The first kappa shape index (κ1) is 21.7. The Kier molecular flexibility index (Phi) is 5.70.